The molecule has 2 atom stereocenters. The van der Waals surface area contributed by atoms with Crippen molar-refractivity contribution in [2.24, 2.45) is 0 Å². The molecule has 1 amide bonds. The Morgan fingerprint density at radius 1 is 1.40 bits per heavy atom. The normalized spacial score (nSPS) is 23.6. The summed E-state index contributed by atoms with van der Waals surface area (Å²) < 4.78 is 0. The van der Waals surface area contributed by atoms with E-state index in [-0.39, 0.29) is 5.91 Å². The zero-order chi connectivity index (χ0) is 14.7. The number of likely N-dealkylation sites (tertiary alicyclic amines) is 1. The highest BCUT2D eigenvalue weighted by atomic mass is 35.5. The van der Waals surface area contributed by atoms with E-state index in [2.05, 4.69) is 24.1 Å². The van der Waals surface area contributed by atoms with Crippen LogP contribution in [0.1, 0.15) is 33.1 Å². The Labute approximate surface area is 125 Å². The van der Waals surface area contributed by atoms with Crippen molar-refractivity contribution in [3.8, 4) is 0 Å². The van der Waals surface area contributed by atoms with Crippen molar-refractivity contribution in [3.63, 3.8) is 0 Å². The van der Waals surface area contributed by atoms with Crippen LogP contribution in [-0.2, 0) is 4.79 Å². The number of nitrogens with zero attached hydrogens (tertiary/aromatic N) is 1. The van der Waals surface area contributed by atoms with E-state index in [0.717, 1.165) is 12.8 Å². The van der Waals surface area contributed by atoms with Crippen LogP contribution >= 0.6 is 11.6 Å². The molecule has 20 heavy (non-hydrogen) atoms. The fourth-order valence-corrected chi connectivity index (χ4v) is 2.89. The van der Waals surface area contributed by atoms with Gasteiger partial charge in [0.15, 0.2) is 0 Å². The second kappa shape index (κ2) is 6.46. The lowest BCUT2D eigenvalue weighted by atomic mass is 9.97. The lowest BCUT2D eigenvalue weighted by Crippen LogP contribution is -2.47. The van der Waals surface area contributed by atoms with Gasteiger partial charge in [0.2, 0.25) is 5.91 Å². The summed E-state index contributed by atoms with van der Waals surface area (Å²) in [4.78, 5) is 14.4. The van der Waals surface area contributed by atoms with Gasteiger partial charge >= 0.3 is 0 Å². The number of halogens is 1. The van der Waals surface area contributed by atoms with Crippen LogP contribution in [0.3, 0.4) is 0 Å². The zero-order valence-corrected chi connectivity index (χ0v) is 12.8. The van der Waals surface area contributed by atoms with E-state index in [1.807, 2.05) is 0 Å². The molecule has 0 radical (unpaired) electrons. The smallest absolute Gasteiger partial charge is 0.238 e. The number of piperidine rings is 1. The average molecular weight is 296 g/mol. The molecule has 1 heterocycles. The first-order valence-electron chi connectivity index (χ1n) is 7.08. The van der Waals surface area contributed by atoms with E-state index in [0.29, 0.717) is 35.0 Å². The summed E-state index contributed by atoms with van der Waals surface area (Å²) in [6.45, 7) is 4.79. The molecular weight excluding hydrogens is 274 g/mol. The molecule has 2 rings (SSSR count). The van der Waals surface area contributed by atoms with Crippen LogP contribution in [0.4, 0.5) is 11.4 Å². The Bertz CT molecular complexity index is 482. The Morgan fingerprint density at radius 2 is 2.05 bits per heavy atom. The van der Waals surface area contributed by atoms with Crippen molar-refractivity contribution >= 4 is 28.9 Å². The standard InChI is InChI=1S/C15H22ClN3O/c1-10-4-3-5-11(2)19(10)9-15(20)18-12-6-7-13(16)14(17)8-12/h6-8,10-11H,3-5,9,17H2,1-2H3,(H,18,20). The van der Waals surface area contributed by atoms with Crippen molar-refractivity contribution in [1.82, 2.24) is 4.90 Å². The molecule has 110 valence electrons. The van der Waals surface area contributed by atoms with Crippen LogP contribution in [0.2, 0.25) is 5.02 Å². The summed E-state index contributed by atoms with van der Waals surface area (Å²) in [7, 11) is 0. The van der Waals surface area contributed by atoms with Crippen LogP contribution in [0.25, 0.3) is 0 Å². The summed E-state index contributed by atoms with van der Waals surface area (Å²) in [6, 6.07) is 6.06. The van der Waals surface area contributed by atoms with Gasteiger partial charge in [0.25, 0.3) is 0 Å². The lowest BCUT2D eigenvalue weighted by Gasteiger charge is -2.38. The Kier molecular flexibility index (Phi) is 4.89. The minimum atomic E-state index is -0.00711. The molecule has 1 aliphatic rings. The fourth-order valence-electron chi connectivity index (χ4n) is 2.77. The largest absolute Gasteiger partial charge is 0.397 e. The maximum atomic E-state index is 12.1. The van der Waals surface area contributed by atoms with E-state index in [4.69, 9.17) is 17.3 Å². The van der Waals surface area contributed by atoms with Crippen molar-refractivity contribution in [2.45, 2.75) is 45.2 Å². The Balaban J connectivity index is 1.96. The van der Waals surface area contributed by atoms with Gasteiger partial charge in [-0.05, 0) is 44.9 Å². The van der Waals surface area contributed by atoms with Gasteiger partial charge in [-0.25, -0.2) is 0 Å². The third-order valence-corrected chi connectivity index (χ3v) is 4.33. The molecule has 1 saturated heterocycles. The molecule has 2 unspecified atom stereocenters. The number of nitrogens with two attached hydrogens (primary N) is 1. The summed E-state index contributed by atoms with van der Waals surface area (Å²) in [5.74, 6) is -0.00711. The number of nitrogen functional groups attached to an aromatic ring is 1. The number of benzene rings is 1. The number of amides is 1. The molecule has 0 aliphatic carbocycles. The van der Waals surface area contributed by atoms with Gasteiger partial charge in [-0.3, -0.25) is 9.69 Å². The number of rotatable bonds is 3. The SMILES string of the molecule is CC1CCCC(C)N1CC(=O)Nc1ccc(Cl)c(N)c1. The summed E-state index contributed by atoms with van der Waals surface area (Å²) in [5, 5.41) is 3.38. The van der Waals surface area contributed by atoms with Crippen molar-refractivity contribution < 1.29 is 4.79 Å². The second-order valence-electron chi connectivity index (χ2n) is 5.59. The molecule has 4 nitrogen and oxygen atoms in total. The topological polar surface area (TPSA) is 58.4 Å². The second-order valence-corrected chi connectivity index (χ2v) is 5.99. The third-order valence-electron chi connectivity index (χ3n) is 3.98. The van der Waals surface area contributed by atoms with Gasteiger partial charge in [0, 0.05) is 17.8 Å². The van der Waals surface area contributed by atoms with Crippen molar-refractivity contribution in [2.75, 3.05) is 17.6 Å². The molecule has 0 bridgehead atoms. The van der Waals surface area contributed by atoms with Gasteiger partial charge in [-0.2, -0.15) is 0 Å². The monoisotopic (exact) mass is 295 g/mol. The highest BCUT2D eigenvalue weighted by Gasteiger charge is 2.26. The number of nitrogens with one attached hydrogen (secondary N) is 1. The summed E-state index contributed by atoms with van der Waals surface area (Å²) in [6.07, 6.45) is 3.56. The van der Waals surface area contributed by atoms with E-state index in [1.54, 1.807) is 18.2 Å². The average Bonchev–Trinajstić information content (AvgIpc) is 2.38. The summed E-state index contributed by atoms with van der Waals surface area (Å²) in [5.41, 5.74) is 6.90. The predicted octanol–water partition coefficient (Wildman–Crippen LogP) is 3.12. The molecule has 0 spiro atoms. The first-order chi connectivity index (χ1) is 9.47. The van der Waals surface area contributed by atoms with Gasteiger partial charge < -0.3 is 11.1 Å². The molecule has 5 heteroatoms. The van der Waals surface area contributed by atoms with Crippen LogP contribution in [0, 0.1) is 0 Å². The highest BCUT2D eigenvalue weighted by Crippen LogP contribution is 2.24. The van der Waals surface area contributed by atoms with E-state index >= 15 is 0 Å². The van der Waals surface area contributed by atoms with Crippen LogP contribution in [0.5, 0.6) is 0 Å². The predicted molar refractivity (Wildman–Crippen MR) is 84.0 cm³/mol. The first kappa shape index (κ1) is 15.1. The van der Waals surface area contributed by atoms with Crippen LogP contribution in [0.15, 0.2) is 18.2 Å². The fraction of sp³-hybridized carbons (Fsp3) is 0.533. The number of anilines is 2. The van der Waals surface area contributed by atoms with Gasteiger partial charge in [0.1, 0.15) is 0 Å². The Hall–Kier alpha value is -1.26. The van der Waals surface area contributed by atoms with E-state index < -0.39 is 0 Å². The maximum Gasteiger partial charge on any atom is 0.238 e. The first-order valence-corrected chi connectivity index (χ1v) is 7.46. The molecular formula is C15H22ClN3O. The van der Waals surface area contributed by atoms with E-state index in [9.17, 15) is 4.79 Å². The summed E-state index contributed by atoms with van der Waals surface area (Å²) >= 11 is 5.87. The van der Waals surface area contributed by atoms with Gasteiger partial charge in [-0.1, -0.05) is 18.0 Å². The quantitative estimate of drug-likeness (QED) is 0.842. The molecule has 0 aromatic heterocycles. The number of carbonyl (C=O) groups is 1. The van der Waals surface area contributed by atoms with Crippen molar-refractivity contribution in [3.05, 3.63) is 23.2 Å². The number of carbonyl (C=O) groups excluding carboxylic acids is 1. The third kappa shape index (κ3) is 3.64. The maximum absolute atomic E-state index is 12.1. The molecule has 1 aliphatic heterocycles. The molecule has 0 saturated carbocycles. The van der Waals surface area contributed by atoms with Crippen LogP contribution < -0.4 is 11.1 Å². The van der Waals surface area contributed by atoms with Gasteiger partial charge in [0.05, 0.1) is 17.3 Å². The molecule has 1 fully saturated rings. The minimum absolute atomic E-state index is 0.00711. The van der Waals surface area contributed by atoms with E-state index in [1.165, 1.54) is 6.42 Å². The zero-order valence-electron chi connectivity index (χ0n) is 12.0. The number of hydrogen-bond donors (Lipinski definition) is 2. The molecule has 1 aromatic carbocycles. The molecule has 1 aromatic rings. The number of hydrogen-bond acceptors (Lipinski definition) is 3. The van der Waals surface area contributed by atoms with Crippen LogP contribution in [-0.4, -0.2) is 29.4 Å². The van der Waals surface area contributed by atoms with Gasteiger partial charge in [-0.15, -0.1) is 0 Å². The highest BCUT2D eigenvalue weighted by molar-refractivity contribution is 6.33. The molecule has 3 N–H and O–H groups in total. The Morgan fingerprint density at radius 3 is 2.65 bits per heavy atom. The minimum Gasteiger partial charge on any atom is -0.397 e. The lowest BCUT2D eigenvalue weighted by molar-refractivity contribution is -0.118. The van der Waals surface area contributed by atoms with Crippen molar-refractivity contribution in [1.29, 1.82) is 0 Å².